The number of rotatable bonds is 7. The second-order valence-electron chi connectivity index (χ2n) is 4.75. The van der Waals surface area contributed by atoms with E-state index in [4.69, 9.17) is 4.74 Å². The zero-order valence-electron chi connectivity index (χ0n) is 10.8. The van der Waals surface area contributed by atoms with Gasteiger partial charge in [-0.2, -0.15) is 0 Å². The van der Waals surface area contributed by atoms with Crippen LogP contribution in [0, 0.1) is 0 Å². The average molecular weight is 244 g/mol. The first-order valence-corrected chi connectivity index (χ1v) is 6.37. The van der Waals surface area contributed by atoms with Crippen LogP contribution in [0.4, 0.5) is 0 Å². The topological polar surface area (TPSA) is 61.8 Å². The van der Waals surface area contributed by atoms with Gasteiger partial charge in [0.2, 0.25) is 5.91 Å². The molecule has 1 heterocycles. The standard InChI is InChI=1S/C12H24N2O3/c1-10(2)17-9-11(15)7-13-8-12(16)14-5-3-4-6-14/h10-11,13,15H,3-9H2,1-2H3. The predicted octanol–water partition coefficient (Wildman–Crippen LogP) is -0.0157. The molecular weight excluding hydrogens is 220 g/mol. The fraction of sp³-hybridized carbons (Fsp3) is 0.917. The largest absolute Gasteiger partial charge is 0.389 e. The van der Waals surface area contributed by atoms with E-state index in [2.05, 4.69) is 5.32 Å². The van der Waals surface area contributed by atoms with Crippen LogP contribution in [0.5, 0.6) is 0 Å². The maximum Gasteiger partial charge on any atom is 0.236 e. The smallest absolute Gasteiger partial charge is 0.236 e. The molecule has 0 saturated carbocycles. The number of hydrogen-bond donors (Lipinski definition) is 2. The van der Waals surface area contributed by atoms with E-state index in [1.54, 1.807) is 0 Å². The lowest BCUT2D eigenvalue weighted by Crippen LogP contribution is -2.40. The quantitative estimate of drug-likeness (QED) is 0.661. The van der Waals surface area contributed by atoms with E-state index in [-0.39, 0.29) is 12.0 Å². The van der Waals surface area contributed by atoms with Gasteiger partial charge in [0.15, 0.2) is 0 Å². The Kier molecular flexibility index (Phi) is 6.47. The van der Waals surface area contributed by atoms with Gasteiger partial charge in [0.05, 0.1) is 25.4 Å². The van der Waals surface area contributed by atoms with Gasteiger partial charge in [-0.05, 0) is 26.7 Å². The Morgan fingerprint density at radius 2 is 2.06 bits per heavy atom. The third-order valence-electron chi connectivity index (χ3n) is 2.74. The van der Waals surface area contributed by atoms with Gasteiger partial charge < -0.3 is 20.1 Å². The number of aliphatic hydroxyl groups excluding tert-OH is 1. The first kappa shape index (κ1) is 14.4. The fourth-order valence-electron chi connectivity index (χ4n) is 1.79. The van der Waals surface area contributed by atoms with Crippen LogP contribution in [0.1, 0.15) is 26.7 Å². The molecule has 1 saturated heterocycles. The lowest BCUT2D eigenvalue weighted by atomic mass is 10.3. The Labute approximate surface area is 103 Å². The summed E-state index contributed by atoms with van der Waals surface area (Å²) in [6.45, 7) is 6.61. The second-order valence-corrected chi connectivity index (χ2v) is 4.75. The number of carbonyl (C=O) groups is 1. The van der Waals surface area contributed by atoms with Crippen LogP contribution in [0.3, 0.4) is 0 Å². The first-order valence-electron chi connectivity index (χ1n) is 6.37. The monoisotopic (exact) mass is 244 g/mol. The number of carbonyl (C=O) groups excluding carboxylic acids is 1. The molecule has 0 bridgehead atoms. The summed E-state index contributed by atoms with van der Waals surface area (Å²) in [7, 11) is 0. The van der Waals surface area contributed by atoms with Crippen molar-refractivity contribution in [3.8, 4) is 0 Å². The summed E-state index contributed by atoms with van der Waals surface area (Å²) in [4.78, 5) is 13.5. The molecule has 0 aromatic heterocycles. The molecule has 1 aliphatic heterocycles. The van der Waals surface area contributed by atoms with Crippen molar-refractivity contribution in [2.24, 2.45) is 0 Å². The molecule has 1 amide bonds. The summed E-state index contributed by atoms with van der Waals surface area (Å²) in [6, 6.07) is 0. The highest BCUT2D eigenvalue weighted by atomic mass is 16.5. The van der Waals surface area contributed by atoms with Gasteiger partial charge >= 0.3 is 0 Å². The SMILES string of the molecule is CC(C)OCC(O)CNCC(=O)N1CCCC1. The van der Waals surface area contributed by atoms with Crippen molar-refractivity contribution in [3.05, 3.63) is 0 Å². The highest BCUT2D eigenvalue weighted by molar-refractivity contribution is 5.78. The van der Waals surface area contributed by atoms with Gasteiger partial charge in [0, 0.05) is 19.6 Å². The summed E-state index contributed by atoms with van der Waals surface area (Å²) < 4.78 is 5.28. The molecule has 100 valence electrons. The predicted molar refractivity (Wildman–Crippen MR) is 65.8 cm³/mol. The third kappa shape index (κ3) is 6.00. The number of hydrogen-bond acceptors (Lipinski definition) is 4. The summed E-state index contributed by atoms with van der Waals surface area (Å²) in [5, 5.41) is 12.5. The zero-order chi connectivity index (χ0) is 12.7. The first-order chi connectivity index (χ1) is 8.09. The van der Waals surface area contributed by atoms with Crippen LogP contribution >= 0.6 is 0 Å². The van der Waals surface area contributed by atoms with Crippen molar-refractivity contribution < 1.29 is 14.6 Å². The Morgan fingerprint density at radius 3 is 2.65 bits per heavy atom. The summed E-state index contributed by atoms with van der Waals surface area (Å²) in [5.74, 6) is 0.125. The van der Waals surface area contributed by atoms with E-state index in [1.807, 2.05) is 18.7 Å². The van der Waals surface area contributed by atoms with Gasteiger partial charge in [-0.1, -0.05) is 0 Å². The molecule has 5 nitrogen and oxygen atoms in total. The number of nitrogens with zero attached hydrogens (tertiary/aromatic N) is 1. The zero-order valence-corrected chi connectivity index (χ0v) is 10.8. The van der Waals surface area contributed by atoms with E-state index in [0.29, 0.717) is 19.7 Å². The minimum absolute atomic E-state index is 0.121. The highest BCUT2D eigenvalue weighted by Gasteiger charge is 2.17. The van der Waals surface area contributed by atoms with E-state index >= 15 is 0 Å². The molecule has 1 aliphatic rings. The molecule has 0 radical (unpaired) electrons. The number of nitrogens with one attached hydrogen (secondary N) is 1. The molecule has 5 heteroatoms. The molecule has 0 aliphatic carbocycles. The molecule has 2 N–H and O–H groups in total. The minimum atomic E-state index is -0.552. The average Bonchev–Trinajstić information content (AvgIpc) is 2.79. The third-order valence-corrected chi connectivity index (χ3v) is 2.74. The fourth-order valence-corrected chi connectivity index (χ4v) is 1.79. The minimum Gasteiger partial charge on any atom is -0.389 e. The van der Waals surface area contributed by atoms with Crippen molar-refractivity contribution in [3.63, 3.8) is 0 Å². The summed E-state index contributed by atoms with van der Waals surface area (Å²) in [5.41, 5.74) is 0. The molecule has 1 atom stereocenters. The molecule has 1 rings (SSSR count). The molecular formula is C12H24N2O3. The maximum atomic E-state index is 11.6. The number of ether oxygens (including phenoxy) is 1. The number of amides is 1. The second kappa shape index (κ2) is 7.63. The van der Waals surface area contributed by atoms with Crippen LogP contribution in [-0.2, 0) is 9.53 Å². The molecule has 0 aromatic rings. The van der Waals surface area contributed by atoms with Crippen molar-refractivity contribution in [1.29, 1.82) is 0 Å². The maximum absolute atomic E-state index is 11.6. The van der Waals surface area contributed by atoms with Gasteiger partial charge in [0.1, 0.15) is 0 Å². The highest BCUT2D eigenvalue weighted by Crippen LogP contribution is 2.06. The Morgan fingerprint density at radius 1 is 1.41 bits per heavy atom. The summed E-state index contributed by atoms with van der Waals surface area (Å²) in [6.07, 6.45) is 1.78. The normalized spacial score (nSPS) is 17.8. The van der Waals surface area contributed by atoms with E-state index in [0.717, 1.165) is 25.9 Å². The molecule has 17 heavy (non-hydrogen) atoms. The molecule has 0 aromatic carbocycles. The van der Waals surface area contributed by atoms with Crippen LogP contribution in [0.25, 0.3) is 0 Å². The van der Waals surface area contributed by atoms with Gasteiger partial charge in [-0.15, -0.1) is 0 Å². The van der Waals surface area contributed by atoms with Crippen LogP contribution < -0.4 is 5.32 Å². The van der Waals surface area contributed by atoms with Crippen molar-refractivity contribution >= 4 is 5.91 Å². The number of aliphatic hydroxyl groups is 1. The lowest BCUT2D eigenvalue weighted by molar-refractivity contribution is -0.129. The molecule has 1 fully saturated rings. The van der Waals surface area contributed by atoms with E-state index in [1.165, 1.54) is 0 Å². The van der Waals surface area contributed by atoms with Crippen LogP contribution in [0.2, 0.25) is 0 Å². The van der Waals surface area contributed by atoms with Crippen LogP contribution in [-0.4, -0.2) is 60.9 Å². The Hall–Kier alpha value is -0.650. The lowest BCUT2D eigenvalue weighted by Gasteiger charge is -2.17. The summed E-state index contributed by atoms with van der Waals surface area (Å²) >= 11 is 0. The number of likely N-dealkylation sites (tertiary alicyclic amines) is 1. The molecule has 1 unspecified atom stereocenters. The van der Waals surface area contributed by atoms with Crippen molar-refractivity contribution in [2.75, 3.05) is 32.8 Å². The van der Waals surface area contributed by atoms with Gasteiger partial charge in [-0.3, -0.25) is 4.79 Å². The van der Waals surface area contributed by atoms with E-state index < -0.39 is 6.10 Å². The van der Waals surface area contributed by atoms with Crippen molar-refractivity contribution in [2.45, 2.75) is 38.9 Å². The van der Waals surface area contributed by atoms with Crippen LogP contribution in [0.15, 0.2) is 0 Å². The Bertz CT molecular complexity index is 228. The Balaban J connectivity index is 2.04. The van der Waals surface area contributed by atoms with E-state index in [9.17, 15) is 9.90 Å². The molecule has 0 spiro atoms. The van der Waals surface area contributed by atoms with Gasteiger partial charge in [-0.25, -0.2) is 0 Å². The van der Waals surface area contributed by atoms with Crippen molar-refractivity contribution in [1.82, 2.24) is 10.2 Å². The van der Waals surface area contributed by atoms with Gasteiger partial charge in [0.25, 0.3) is 0 Å².